The van der Waals surface area contributed by atoms with E-state index >= 15 is 0 Å². The van der Waals surface area contributed by atoms with Crippen molar-refractivity contribution in [2.45, 2.75) is 50.2 Å². The number of hydrogen-bond donors (Lipinski definition) is 2. The maximum Gasteiger partial charge on any atom is 0.344 e. The minimum Gasteiger partial charge on any atom is -0.327 e. The third kappa shape index (κ3) is 2.85. The third-order valence-electron chi connectivity index (χ3n) is 2.22. The van der Waals surface area contributed by atoms with E-state index in [1.54, 1.807) is 4.57 Å². The van der Waals surface area contributed by atoms with Gasteiger partial charge in [0.05, 0.1) is 0 Å². The Kier molecular flexibility index (Phi) is 3.98. The van der Waals surface area contributed by atoms with Crippen molar-refractivity contribution < 1.29 is 0 Å². The van der Waals surface area contributed by atoms with E-state index in [0.717, 1.165) is 0 Å². The molecule has 0 saturated carbocycles. The van der Waals surface area contributed by atoms with Gasteiger partial charge in [0.15, 0.2) is 5.16 Å². The number of nitrogens with two attached hydrogens (primary N) is 1. The molecule has 2 atom stereocenters. The zero-order chi connectivity index (χ0) is 11.6. The predicted molar refractivity (Wildman–Crippen MR) is 62.2 cm³/mol. The monoisotopic (exact) mass is 230 g/mol. The molecule has 86 valence electrons. The van der Waals surface area contributed by atoms with Gasteiger partial charge >= 0.3 is 5.69 Å². The van der Waals surface area contributed by atoms with Crippen LogP contribution in [0.1, 0.15) is 33.7 Å². The first-order valence-electron chi connectivity index (χ1n) is 5.02. The average molecular weight is 230 g/mol. The molecule has 2 unspecified atom stereocenters. The van der Waals surface area contributed by atoms with Gasteiger partial charge in [-0.25, -0.2) is 9.89 Å². The number of nitrogens with one attached hydrogen (secondary N) is 1. The molecule has 1 aromatic rings. The van der Waals surface area contributed by atoms with Crippen molar-refractivity contribution in [3.63, 3.8) is 0 Å². The predicted octanol–water partition coefficient (Wildman–Crippen LogP) is 0.980. The molecular weight excluding hydrogens is 212 g/mol. The lowest BCUT2D eigenvalue weighted by molar-refractivity contribution is 0.532. The van der Waals surface area contributed by atoms with Crippen molar-refractivity contribution in [1.82, 2.24) is 14.8 Å². The van der Waals surface area contributed by atoms with E-state index in [4.69, 9.17) is 5.73 Å². The molecule has 6 heteroatoms. The molecule has 0 saturated heterocycles. The van der Waals surface area contributed by atoms with Crippen LogP contribution in [0.4, 0.5) is 0 Å². The molecule has 5 nitrogen and oxygen atoms in total. The largest absolute Gasteiger partial charge is 0.344 e. The van der Waals surface area contributed by atoms with Crippen molar-refractivity contribution >= 4 is 11.8 Å². The van der Waals surface area contributed by atoms with E-state index in [1.165, 1.54) is 11.8 Å². The van der Waals surface area contributed by atoms with E-state index in [1.807, 2.05) is 27.7 Å². The average Bonchev–Trinajstić information content (AvgIpc) is 2.46. The highest BCUT2D eigenvalue weighted by Crippen LogP contribution is 2.23. The first-order valence-corrected chi connectivity index (χ1v) is 5.90. The zero-order valence-electron chi connectivity index (χ0n) is 9.52. The molecule has 0 radical (unpaired) electrons. The Morgan fingerprint density at radius 1 is 1.40 bits per heavy atom. The molecule has 0 aliphatic carbocycles. The van der Waals surface area contributed by atoms with E-state index < -0.39 is 0 Å². The summed E-state index contributed by atoms with van der Waals surface area (Å²) in [7, 11) is 0. The molecular formula is C9H18N4OS. The molecule has 0 aromatic carbocycles. The highest BCUT2D eigenvalue weighted by Gasteiger charge is 2.16. The topological polar surface area (TPSA) is 76.7 Å². The molecule has 3 N–H and O–H groups in total. The molecule has 1 rings (SSSR count). The molecule has 0 aliphatic rings. The fraction of sp³-hybridized carbons (Fsp3) is 0.778. The van der Waals surface area contributed by atoms with Gasteiger partial charge in [-0.1, -0.05) is 18.7 Å². The molecule has 0 bridgehead atoms. The SMILES string of the molecule is CC(N)C(C)Sc1n[nH]c(=O)n1C(C)C. The van der Waals surface area contributed by atoms with Gasteiger partial charge in [-0.15, -0.1) is 5.10 Å². The minimum absolute atomic E-state index is 0.0717. The Bertz CT molecular complexity index is 368. The molecule has 0 aliphatic heterocycles. The van der Waals surface area contributed by atoms with Crippen LogP contribution in [0.2, 0.25) is 0 Å². The smallest absolute Gasteiger partial charge is 0.327 e. The van der Waals surface area contributed by atoms with Crippen LogP contribution in [0.3, 0.4) is 0 Å². The summed E-state index contributed by atoms with van der Waals surface area (Å²) in [6.45, 7) is 7.89. The second kappa shape index (κ2) is 4.85. The summed E-state index contributed by atoms with van der Waals surface area (Å²) in [4.78, 5) is 11.4. The summed E-state index contributed by atoms with van der Waals surface area (Å²) < 4.78 is 1.64. The molecule has 1 heterocycles. The van der Waals surface area contributed by atoms with Crippen molar-refractivity contribution in [2.24, 2.45) is 5.73 Å². The number of nitrogens with zero attached hydrogens (tertiary/aromatic N) is 2. The van der Waals surface area contributed by atoms with Gasteiger partial charge in [0.25, 0.3) is 0 Å². The van der Waals surface area contributed by atoms with E-state index in [2.05, 4.69) is 10.2 Å². The summed E-state index contributed by atoms with van der Waals surface area (Å²) in [5.74, 6) is 0. The fourth-order valence-electron chi connectivity index (χ4n) is 1.10. The Hall–Kier alpha value is -0.750. The van der Waals surface area contributed by atoms with E-state index in [-0.39, 0.29) is 23.0 Å². The summed E-state index contributed by atoms with van der Waals surface area (Å²) >= 11 is 1.52. The van der Waals surface area contributed by atoms with Gasteiger partial charge in [-0.05, 0) is 20.8 Å². The number of rotatable bonds is 4. The number of aromatic amines is 1. The summed E-state index contributed by atoms with van der Waals surface area (Å²) in [5, 5.41) is 7.39. The fourth-order valence-corrected chi connectivity index (χ4v) is 2.16. The van der Waals surface area contributed by atoms with Gasteiger partial charge in [-0.3, -0.25) is 4.57 Å². The maximum atomic E-state index is 11.4. The Morgan fingerprint density at radius 3 is 2.47 bits per heavy atom. The van der Waals surface area contributed by atoms with E-state index in [9.17, 15) is 4.79 Å². The normalized spacial score (nSPS) is 15.6. The van der Waals surface area contributed by atoms with Crippen molar-refractivity contribution in [3.8, 4) is 0 Å². The molecule has 0 spiro atoms. The van der Waals surface area contributed by atoms with Gasteiger partial charge in [0.1, 0.15) is 0 Å². The summed E-state index contributed by atoms with van der Waals surface area (Å²) in [6.07, 6.45) is 0. The molecule has 1 aromatic heterocycles. The lowest BCUT2D eigenvalue weighted by Crippen LogP contribution is -2.27. The lowest BCUT2D eigenvalue weighted by Gasteiger charge is -2.15. The first kappa shape index (κ1) is 12.3. The molecule has 0 amide bonds. The van der Waals surface area contributed by atoms with Gasteiger partial charge < -0.3 is 5.73 Å². The summed E-state index contributed by atoms with van der Waals surface area (Å²) in [5.41, 5.74) is 5.61. The van der Waals surface area contributed by atoms with Crippen molar-refractivity contribution in [3.05, 3.63) is 10.5 Å². The minimum atomic E-state index is -0.163. The highest BCUT2D eigenvalue weighted by atomic mass is 32.2. The quantitative estimate of drug-likeness (QED) is 0.756. The number of thioether (sulfide) groups is 1. The van der Waals surface area contributed by atoms with Crippen LogP contribution in [0.15, 0.2) is 9.95 Å². The zero-order valence-corrected chi connectivity index (χ0v) is 10.3. The van der Waals surface area contributed by atoms with Crippen LogP contribution >= 0.6 is 11.8 Å². The number of H-pyrrole nitrogens is 1. The standard InChI is InChI=1S/C9H18N4OS/c1-5(2)13-8(14)11-12-9(13)15-7(4)6(3)10/h5-7H,10H2,1-4H3,(H,11,14). The van der Waals surface area contributed by atoms with Crippen LogP contribution in [0, 0.1) is 0 Å². The van der Waals surface area contributed by atoms with Crippen LogP contribution in [0.25, 0.3) is 0 Å². The number of aromatic nitrogens is 3. The van der Waals surface area contributed by atoms with Crippen LogP contribution in [0.5, 0.6) is 0 Å². The van der Waals surface area contributed by atoms with E-state index in [0.29, 0.717) is 5.16 Å². The van der Waals surface area contributed by atoms with Crippen molar-refractivity contribution in [1.29, 1.82) is 0 Å². The number of hydrogen-bond acceptors (Lipinski definition) is 4. The molecule has 15 heavy (non-hydrogen) atoms. The summed E-state index contributed by atoms with van der Waals surface area (Å²) in [6, 6.07) is 0.182. The van der Waals surface area contributed by atoms with Crippen LogP contribution in [-0.2, 0) is 0 Å². The highest BCUT2D eigenvalue weighted by molar-refractivity contribution is 7.99. The van der Waals surface area contributed by atoms with Gasteiger partial charge in [0.2, 0.25) is 0 Å². The van der Waals surface area contributed by atoms with Gasteiger partial charge in [0, 0.05) is 17.3 Å². The second-order valence-corrected chi connectivity index (χ2v) is 5.30. The third-order valence-corrected chi connectivity index (χ3v) is 3.52. The maximum absolute atomic E-state index is 11.4. The Balaban J connectivity index is 2.91. The van der Waals surface area contributed by atoms with Crippen molar-refractivity contribution in [2.75, 3.05) is 0 Å². The first-order chi connectivity index (χ1) is 6.93. The molecule has 0 fully saturated rings. The Morgan fingerprint density at radius 2 is 2.00 bits per heavy atom. The second-order valence-electron chi connectivity index (χ2n) is 3.96. The lowest BCUT2D eigenvalue weighted by atomic mass is 10.3. The van der Waals surface area contributed by atoms with Crippen LogP contribution in [-0.4, -0.2) is 26.1 Å². The van der Waals surface area contributed by atoms with Crippen LogP contribution < -0.4 is 11.4 Å². The van der Waals surface area contributed by atoms with Gasteiger partial charge in [-0.2, -0.15) is 0 Å². The Labute approximate surface area is 93.4 Å².